The predicted molar refractivity (Wildman–Crippen MR) is 89.6 cm³/mol. The van der Waals surface area contributed by atoms with Crippen molar-refractivity contribution in [3.05, 3.63) is 0 Å². The maximum Gasteiger partial charge on any atom is 0.410 e. The zero-order chi connectivity index (χ0) is 17.3. The Morgan fingerprint density at radius 1 is 1.08 bits per heavy atom. The van der Waals surface area contributed by atoms with Crippen LogP contribution in [0.5, 0.6) is 0 Å². The molecule has 0 aromatic rings. The van der Waals surface area contributed by atoms with Gasteiger partial charge in [0.25, 0.3) is 0 Å². The first-order valence-corrected chi connectivity index (χ1v) is 9.25. The average molecular weight is 338 g/mol. The van der Waals surface area contributed by atoms with E-state index in [1.54, 1.807) is 4.90 Å². The second kappa shape index (κ2) is 6.90. The number of fused-ring (bicyclic) bond motifs is 1. The number of carbonyl (C=O) groups excluding carboxylic acids is 2. The fourth-order valence-corrected chi connectivity index (χ4v) is 4.06. The van der Waals surface area contributed by atoms with Crippen LogP contribution in [0.1, 0.15) is 52.9 Å². The minimum absolute atomic E-state index is 0.0989. The lowest BCUT2D eigenvalue weighted by molar-refractivity contribution is -0.153. The minimum Gasteiger partial charge on any atom is -0.444 e. The maximum atomic E-state index is 13.0. The second-order valence-corrected chi connectivity index (χ2v) is 8.20. The Hall–Kier alpha value is -1.30. The normalized spacial score (nSPS) is 30.9. The number of hydrogen-bond acceptors (Lipinski definition) is 4. The number of likely N-dealkylation sites (tertiary alicyclic amines) is 1. The molecule has 0 unspecified atom stereocenters. The molecule has 136 valence electrons. The summed E-state index contributed by atoms with van der Waals surface area (Å²) in [5.74, 6) is 0.0967. The Bertz CT molecular complexity index is 486. The molecule has 0 aromatic carbocycles. The van der Waals surface area contributed by atoms with E-state index < -0.39 is 5.60 Å². The molecule has 0 N–H and O–H groups in total. The highest BCUT2D eigenvalue weighted by Crippen LogP contribution is 2.31. The Morgan fingerprint density at radius 3 is 2.58 bits per heavy atom. The van der Waals surface area contributed by atoms with E-state index in [1.165, 1.54) is 12.8 Å². The van der Waals surface area contributed by atoms with Crippen molar-refractivity contribution in [3.63, 3.8) is 0 Å². The van der Waals surface area contributed by atoms with Crippen molar-refractivity contribution in [1.29, 1.82) is 0 Å². The summed E-state index contributed by atoms with van der Waals surface area (Å²) in [7, 11) is 0. The second-order valence-electron chi connectivity index (χ2n) is 8.20. The molecule has 0 radical (unpaired) electrons. The molecule has 6 nitrogen and oxygen atoms in total. The van der Waals surface area contributed by atoms with Crippen LogP contribution in [0.25, 0.3) is 0 Å². The average Bonchev–Trinajstić information content (AvgIpc) is 3.02. The first kappa shape index (κ1) is 17.5. The van der Waals surface area contributed by atoms with Crippen LogP contribution in [-0.4, -0.2) is 65.8 Å². The Kier molecular flexibility index (Phi) is 5.04. The lowest BCUT2D eigenvalue weighted by atomic mass is 9.89. The largest absolute Gasteiger partial charge is 0.444 e. The molecule has 0 spiro atoms. The summed E-state index contributed by atoms with van der Waals surface area (Å²) in [5.41, 5.74) is -0.501. The van der Waals surface area contributed by atoms with Crippen molar-refractivity contribution in [2.75, 3.05) is 26.2 Å². The lowest BCUT2D eigenvalue weighted by Gasteiger charge is -2.44. The molecule has 3 aliphatic rings. The summed E-state index contributed by atoms with van der Waals surface area (Å²) in [6.45, 7) is 7.98. The number of amides is 2. The number of rotatable bonds is 1. The van der Waals surface area contributed by atoms with E-state index >= 15 is 0 Å². The van der Waals surface area contributed by atoms with Crippen molar-refractivity contribution in [2.45, 2.75) is 70.6 Å². The van der Waals surface area contributed by atoms with Gasteiger partial charge in [0, 0.05) is 19.6 Å². The molecule has 3 atom stereocenters. The van der Waals surface area contributed by atoms with Gasteiger partial charge in [-0.05, 0) is 40.0 Å². The highest BCUT2D eigenvalue weighted by molar-refractivity contribution is 5.81. The number of carbonyl (C=O) groups is 2. The van der Waals surface area contributed by atoms with Gasteiger partial charge in [0.2, 0.25) is 5.91 Å². The standard InChI is InChI=1S/C18H30N2O4/c1-18(2,3)24-17(22)19-9-8-13(12-19)16(21)20-10-11-23-15-7-5-4-6-14(15)20/h13-15H,4-12H2,1-3H3/t13-,14+,15-/m0/s1. The van der Waals surface area contributed by atoms with Crippen LogP contribution >= 0.6 is 0 Å². The van der Waals surface area contributed by atoms with Gasteiger partial charge in [0.1, 0.15) is 5.60 Å². The van der Waals surface area contributed by atoms with Gasteiger partial charge in [-0.2, -0.15) is 0 Å². The molecule has 3 fully saturated rings. The molecule has 1 aliphatic carbocycles. The lowest BCUT2D eigenvalue weighted by Crippen LogP contribution is -2.56. The number of hydrogen-bond donors (Lipinski definition) is 0. The molecule has 1 saturated carbocycles. The summed E-state index contributed by atoms with van der Waals surface area (Å²) < 4.78 is 11.3. The van der Waals surface area contributed by atoms with Crippen LogP contribution in [0.4, 0.5) is 4.79 Å². The Labute approximate surface area is 144 Å². The molecule has 2 saturated heterocycles. The van der Waals surface area contributed by atoms with Gasteiger partial charge in [0.15, 0.2) is 0 Å². The summed E-state index contributed by atoms with van der Waals surface area (Å²) in [4.78, 5) is 28.9. The third-order valence-electron chi connectivity index (χ3n) is 5.20. The van der Waals surface area contributed by atoms with Crippen LogP contribution in [-0.2, 0) is 14.3 Å². The molecule has 2 aliphatic heterocycles. The highest BCUT2D eigenvalue weighted by Gasteiger charge is 2.41. The molecular weight excluding hydrogens is 308 g/mol. The van der Waals surface area contributed by atoms with Crippen LogP contribution in [0.2, 0.25) is 0 Å². The van der Waals surface area contributed by atoms with Crippen LogP contribution in [0, 0.1) is 5.92 Å². The van der Waals surface area contributed by atoms with E-state index in [4.69, 9.17) is 9.47 Å². The number of nitrogens with zero attached hydrogens (tertiary/aromatic N) is 2. The summed E-state index contributed by atoms with van der Waals surface area (Å²) in [6, 6.07) is 0.232. The maximum absolute atomic E-state index is 13.0. The SMILES string of the molecule is CC(C)(C)OC(=O)N1CC[C@H](C(=O)N2CCO[C@H]3CCCC[C@H]32)C1. The smallest absolute Gasteiger partial charge is 0.410 e. The molecule has 0 aromatic heterocycles. The molecule has 2 heterocycles. The topological polar surface area (TPSA) is 59.1 Å². The van der Waals surface area contributed by atoms with Gasteiger partial charge in [0.05, 0.1) is 24.7 Å². The van der Waals surface area contributed by atoms with Crippen molar-refractivity contribution in [2.24, 2.45) is 5.92 Å². The first-order chi connectivity index (χ1) is 11.3. The third kappa shape index (κ3) is 3.85. The van der Waals surface area contributed by atoms with E-state index in [9.17, 15) is 9.59 Å². The first-order valence-electron chi connectivity index (χ1n) is 9.25. The molecule has 3 rings (SSSR count). The number of morpholine rings is 1. The van der Waals surface area contributed by atoms with Gasteiger partial charge < -0.3 is 19.3 Å². The summed E-state index contributed by atoms with van der Waals surface area (Å²) in [6.07, 6.45) is 5.09. The van der Waals surface area contributed by atoms with Crippen molar-refractivity contribution < 1.29 is 19.1 Å². The fraction of sp³-hybridized carbons (Fsp3) is 0.889. The van der Waals surface area contributed by atoms with E-state index in [0.29, 0.717) is 26.2 Å². The molecule has 2 amide bonds. The Morgan fingerprint density at radius 2 is 1.83 bits per heavy atom. The molecule has 24 heavy (non-hydrogen) atoms. The van der Waals surface area contributed by atoms with E-state index in [2.05, 4.69) is 0 Å². The third-order valence-corrected chi connectivity index (χ3v) is 5.20. The predicted octanol–water partition coefficient (Wildman–Crippen LogP) is 2.41. The van der Waals surface area contributed by atoms with Gasteiger partial charge in [-0.1, -0.05) is 12.8 Å². The van der Waals surface area contributed by atoms with Crippen molar-refractivity contribution >= 4 is 12.0 Å². The minimum atomic E-state index is -0.501. The van der Waals surface area contributed by atoms with E-state index in [1.807, 2.05) is 25.7 Å². The van der Waals surface area contributed by atoms with E-state index in [0.717, 1.165) is 19.3 Å². The van der Waals surface area contributed by atoms with E-state index in [-0.39, 0.29) is 30.1 Å². The van der Waals surface area contributed by atoms with Gasteiger partial charge >= 0.3 is 6.09 Å². The van der Waals surface area contributed by atoms with Gasteiger partial charge in [-0.15, -0.1) is 0 Å². The Balaban J connectivity index is 1.59. The van der Waals surface area contributed by atoms with Crippen LogP contribution < -0.4 is 0 Å². The van der Waals surface area contributed by atoms with Gasteiger partial charge in [-0.25, -0.2) is 4.79 Å². The fourth-order valence-electron chi connectivity index (χ4n) is 4.06. The van der Waals surface area contributed by atoms with Crippen molar-refractivity contribution in [3.8, 4) is 0 Å². The highest BCUT2D eigenvalue weighted by atomic mass is 16.6. The van der Waals surface area contributed by atoms with Crippen LogP contribution in [0.15, 0.2) is 0 Å². The molecular formula is C18H30N2O4. The monoisotopic (exact) mass is 338 g/mol. The zero-order valence-corrected chi connectivity index (χ0v) is 15.1. The number of ether oxygens (including phenoxy) is 2. The summed E-state index contributed by atoms with van der Waals surface area (Å²) in [5, 5.41) is 0. The molecule has 6 heteroatoms. The zero-order valence-electron chi connectivity index (χ0n) is 15.1. The van der Waals surface area contributed by atoms with Gasteiger partial charge in [-0.3, -0.25) is 4.79 Å². The van der Waals surface area contributed by atoms with Crippen molar-refractivity contribution in [1.82, 2.24) is 9.80 Å². The van der Waals surface area contributed by atoms with Crippen LogP contribution in [0.3, 0.4) is 0 Å². The quantitative estimate of drug-likeness (QED) is 0.737. The molecule has 0 bridgehead atoms. The summed E-state index contributed by atoms with van der Waals surface area (Å²) >= 11 is 0.